The van der Waals surface area contributed by atoms with Crippen LogP contribution in [0, 0.1) is 0 Å². The lowest BCUT2D eigenvalue weighted by Crippen LogP contribution is -2.39. The maximum atomic E-state index is 12.3. The van der Waals surface area contributed by atoms with Crippen molar-refractivity contribution in [1.82, 2.24) is 4.72 Å². The van der Waals surface area contributed by atoms with Crippen LogP contribution in [0.2, 0.25) is 0 Å². The van der Waals surface area contributed by atoms with Crippen molar-refractivity contribution in [1.29, 1.82) is 0 Å². The Morgan fingerprint density at radius 2 is 1.95 bits per heavy atom. The summed E-state index contributed by atoms with van der Waals surface area (Å²) in [5.41, 5.74) is 0.00823. The molecule has 0 saturated carbocycles. The first-order valence-electron chi connectivity index (χ1n) is 6.20. The van der Waals surface area contributed by atoms with Gasteiger partial charge in [0.1, 0.15) is 0 Å². The van der Waals surface area contributed by atoms with Gasteiger partial charge in [-0.25, -0.2) is 17.9 Å². The number of benzene rings is 1. The Labute approximate surface area is 133 Å². The van der Waals surface area contributed by atoms with E-state index in [2.05, 4.69) is 20.7 Å². The molecule has 1 aromatic carbocycles. The first-order valence-corrected chi connectivity index (χ1v) is 9.96. The molecule has 1 heterocycles. The molecule has 0 aromatic heterocycles. The van der Waals surface area contributed by atoms with Crippen molar-refractivity contribution in [3.63, 3.8) is 0 Å². The lowest BCUT2D eigenvalue weighted by atomic mass is 10.2. The molecular weight excluding hydrogens is 382 g/mol. The fraction of sp³-hybridized carbons (Fsp3) is 0.417. The zero-order valence-corrected chi connectivity index (χ0v) is 14.1. The third-order valence-electron chi connectivity index (χ3n) is 3.18. The van der Waals surface area contributed by atoms with Gasteiger partial charge in [0.2, 0.25) is 10.0 Å². The van der Waals surface area contributed by atoms with Crippen molar-refractivity contribution < 1.29 is 22.5 Å². The minimum atomic E-state index is -3.74. The average Bonchev–Trinajstić information content (AvgIpc) is 2.40. The Kier molecular flexibility index (Phi) is 5.18. The number of rotatable bonds is 4. The zero-order chi connectivity index (χ0) is 15.6. The molecule has 1 fully saturated rings. The SMILES string of the molecule is O=C(O)c1ccc(S(=O)(=O)NC2CCS(=O)CC2)c(Br)c1. The molecule has 1 saturated heterocycles. The van der Waals surface area contributed by atoms with Crippen molar-refractivity contribution in [3.8, 4) is 0 Å². The normalized spacial score (nSPS) is 22.9. The Balaban J connectivity index is 2.19. The third-order valence-corrected chi connectivity index (χ3v) is 7.06. The molecule has 0 unspecified atom stereocenters. The zero-order valence-electron chi connectivity index (χ0n) is 10.9. The number of carboxylic acids is 1. The molecule has 0 bridgehead atoms. The van der Waals surface area contributed by atoms with Gasteiger partial charge in [-0.3, -0.25) is 4.21 Å². The van der Waals surface area contributed by atoms with Gasteiger partial charge in [0, 0.05) is 32.8 Å². The Bertz CT molecular complexity index is 679. The van der Waals surface area contributed by atoms with E-state index in [1.54, 1.807) is 0 Å². The second-order valence-corrected chi connectivity index (χ2v) is 8.93. The van der Waals surface area contributed by atoms with Crippen LogP contribution in [0.3, 0.4) is 0 Å². The molecule has 1 aliphatic heterocycles. The maximum Gasteiger partial charge on any atom is 0.335 e. The molecule has 2 rings (SSSR count). The molecular formula is C12H14BrNO5S2. The summed E-state index contributed by atoms with van der Waals surface area (Å²) in [7, 11) is -4.60. The number of aromatic carboxylic acids is 1. The molecule has 21 heavy (non-hydrogen) atoms. The van der Waals surface area contributed by atoms with Crippen molar-refractivity contribution >= 4 is 42.7 Å². The van der Waals surface area contributed by atoms with Crippen LogP contribution in [0.4, 0.5) is 0 Å². The van der Waals surface area contributed by atoms with E-state index < -0.39 is 26.8 Å². The molecule has 0 aliphatic carbocycles. The highest BCUT2D eigenvalue weighted by molar-refractivity contribution is 9.10. The number of hydrogen-bond donors (Lipinski definition) is 2. The van der Waals surface area contributed by atoms with Gasteiger partial charge in [-0.05, 0) is 47.0 Å². The monoisotopic (exact) mass is 395 g/mol. The molecule has 9 heteroatoms. The molecule has 0 atom stereocenters. The van der Waals surface area contributed by atoms with Gasteiger partial charge < -0.3 is 5.11 Å². The Morgan fingerprint density at radius 3 is 2.48 bits per heavy atom. The Morgan fingerprint density at radius 1 is 1.33 bits per heavy atom. The first-order chi connectivity index (χ1) is 9.79. The van der Waals surface area contributed by atoms with Crippen molar-refractivity contribution in [2.45, 2.75) is 23.8 Å². The Hall–Kier alpha value is -0.770. The highest BCUT2D eigenvalue weighted by Crippen LogP contribution is 2.24. The van der Waals surface area contributed by atoms with Crippen molar-refractivity contribution in [3.05, 3.63) is 28.2 Å². The van der Waals surface area contributed by atoms with Crippen LogP contribution in [0.25, 0.3) is 0 Å². The minimum Gasteiger partial charge on any atom is -0.478 e. The second-order valence-electron chi connectivity index (χ2n) is 4.69. The summed E-state index contributed by atoms with van der Waals surface area (Å²) < 4.78 is 38.7. The van der Waals surface area contributed by atoms with E-state index in [1.807, 2.05) is 0 Å². The molecule has 1 aromatic rings. The van der Waals surface area contributed by atoms with E-state index in [4.69, 9.17) is 5.11 Å². The number of carboxylic acid groups (broad SMARTS) is 1. The molecule has 0 radical (unpaired) electrons. The molecule has 0 amide bonds. The van der Waals surface area contributed by atoms with Gasteiger partial charge in [0.25, 0.3) is 0 Å². The van der Waals surface area contributed by atoms with E-state index in [0.717, 1.165) is 0 Å². The van der Waals surface area contributed by atoms with Gasteiger partial charge in [0.15, 0.2) is 0 Å². The largest absolute Gasteiger partial charge is 0.478 e. The van der Waals surface area contributed by atoms with Crippen molar-refractivity contribution in [2.75, 3.05) is 11.5 Å². The predicted octanol–water partition coefficient (Wildman–Crippen LogP) is 1.34. The van der Waals surface area contributed by atoms with Gasteiger partial charge in [-0.15, -0.1) is 0 Å². The highest BCUT2D eigenvalue weighted by Gasteiger charge is 2.25. The molecule has 0 spiro atoms. The summed E-state index contributed by atoms with van der Waals surface area (Å²) >= 11 is 3.09. The minimum absolute atomic E-state index is 0.000745. The number of carbonyl (C=O) groups is 1. The number of hydrogen-bond acceptors (Lipinski definition) is 4. The van der Waals surface area contributed by atoms with Gasteiger partial charge >= 0.3 is 5.97 Å². The molecule has 116 valence electrons. The van der Waals surface area contributed by atoms with Gasteiger partial charge in [0.05, 0.1) is 10.5 Å². The molecule has 1 aliphatic rings. The molecule has 6 nitrogen and oxygen atoms in total. The van der Waals surface area contributed by atoms with E-state index in [1.165, 1.54) is 18.2 Å². The highest BCUT2D eigenvalue weighted by atomic mass is 79.9. The number of nitrogens with one attached hydrogen (secondary N) is 1. The van der Waals surface area contributed by atoms with Crippen LogP contribution < -0.4 is 4.72 Å². The predicted molar refractivity (Wildman–Crippen MR) is 82.3 cm³/mol. The summed E-state index contributed by atoms with van der Waals surface area (Å²) in [5.74, 6) is -0.138. The lowest BCUT2D eigenvalue weighted by molar-refractivity contribution is 0.0696. The quantitative estimate of drug-likeness (QED) is 0.800. The number of halogens is 1. The van der Waals surface area contributed by atoms with E-state index in [0.29, 0.717) is 24.3 Å². The number of sulfonamides is 1. The van der Waals surface area contributed by atoms with Crippen LogP contribution >= 0.6 is 15.9 Å². The van der Waals surface area contributed by atoms with Crippen molar-refractivity contribution in [2.24, 2.45) is 0 Å². The van der Waals surface area contributed by atoms with E-state index in [-0.39, 0.29) is 21.0 Å². The topological polar surface area (TPSA) is 101 Å². The first kappa shape index (κ1) is 16.6. The van der Waals surface area contributed by atoms with Crippen LogP contribution in [-0.2, 0) is 20.8 Å². The van der Waals surface area contributed by atoms with Crippen LogP contribution in [0.15, 0.2) is 27.6 Å². The molecule has 2 N–H and O–H groups in total. The second kappa shape index (κ2) is 6.55. The van der Waals surface area contributed by atoms with Gasteiger partial charge in [-0.2, -0.15) is 0 Å². The van der Waals surface area contributed by atoms with Crippen LogP contribution in [-0.4, -0.2) is 41.3 Å². The summed E-state index contributed by atoms with van der Waals surface area (Å²) in [4.78, 5) is 10.8. The van der Waals surface area contributed by atoms with Crippen LogP contribution in [0.1, 0.15) is 23.2 Å². The summed E-state index contributed by atoms with van der Waals surface area (Å²) in [5, 5.41) is 8.87. The third kappa shape index (κ3) is 4.12. The summed E-state index contributed by atoms with van der Waals surface area (Å²) in [6.45, 7) is 0. The van der Waals surface area contributed by atoms with Gasteiger partial charge in [-0.1, -0.05) is 0 Å². The van der Waals surface area contributed by atoms with E-state index >= 15 is 0 Å². The van der Waals surface area contributed by atoms with E-state index in [9.17, 15) is 17.4 Å². The summed E-state index contributed by atoms with van der Waals surface area (Å²) in [6.07, 6.45) is 1.08. The smallest absolute Gasteiger partial charge is 0.335 e. The fourth-order valence-electron chi connectivity index (χ4n) is 2.05. The summed E-state index contributed by atoms with van der Waals surface area (Å²) in [6, 6.07) is 3.53. The van der Waals surface area contributed by atoms with Crippen LogP contribution in [0.5, 0.6) is 0 Å². The standard InChI is InChI=1S/C12H14BrNO5S2/c13-10-7-8(12(15)16)1-2-11(10)21(18,19)14-9-3-5-20(17)6-4-9/h1-2,7,9,14H,3-6H2,(H,15,16). The average molecular weight is 396 g/mol. The lowest BCUT2D eigenvalue weighted by Gasteiger charge is -2.22. The fourth-order valence-corrected chi connectivity index (χ4v) is 5.73. The maximum absolute atomic E-state index is 12.3.